The van der Waals surface area contributed by atoms with E-state index in [2.05, 4.69) is 9.97 Å². The van der Waals surface area contributed by atoms with E-state index in [1.807, 2.05) is 0 Å². The number of hydrogen-bond donors (Lipinski definition) is 0. The number of alkyl halides is 3. The van der Waals surface area contributed by atoms with E-state index in [1.165, 1.54) is 11.0 Å². The van der Waals surface area contributed by atoms with Gasteiger partial charge in [0.1, 0.15) is 17.3 Å². The molecule has 2 heterocycles. The van der Waals surface area contributed by atoms with E-state index < -0.39 is 17.8 Å². The summed E-state index contributed by atoms with van der Waals surface area (Å²) in [4.78, 5) is 22.1. The average Bonchev–Trinajstić information content (AvgIpc) is 2.74. The van der Waals surface area contributed by atoms with Crippen LogP contribution in [0, 0.1) is 0 Å². The van der Waals surface area contributed by atoms with Crippen molar-refractivity contribution < 1.29 is 27.4 Å². The molecule has 9 heteroatoms. The number of carbonyl (C=O) groups excluding carboxylic acids is 1. The molecule has 0 unspecified atom stereocenters. The highest BCUT2D eigenvalue weighted by molar-refractivity contribution is 5.77. The van der Waals surface area contributed by atoms with Crippen molar-refractivity contribution in [1.82, 2.24) is 14.9 Å². The first-order valence-corrected chi connectivity index (χ1v) is 9.94. The molecule has 0 saturated carbocycles. The van der Waals surface area contributed by atoms with Crippen LogP contribution in [0.25, 0.3) is 11.1 Å². The van der Waals surface area contributed by atoms with Gasteiger partial charge < -0.3 is 9.47 Å². The number of aromatic nitrogens is 2. The van der Waals surface area contributed by atoms with Gasteiger partial charge in [-0.1, -0.05) is 12.1 Å². The van der Waals surface area contributed by atoms with Gasteiger partial charge in [0.25, 0.3) is 0 Å². The van der Waals surface area contributed by atoms with Crippen molar-refractivity contribution in [3.63, 3.8) is 0 Å². The van der Waals surface area contributed by atoms with Crippen LogP contribution < -0.4 is 9.47 Å². The quantitative estimate of drug-likeness (QED) is 0.524. The average molecular weight is 443 g/mol. The van der Waals surface area contributed by atoms with E-state index in [4.69, 9.17) is 9.47 Å². The van der Waals surface area contributed by atoms with Gasteiger partial charge in [-0.25, -0.2) is 14.8 Å². The molecule has 6 nitrogen and oxygen atoms in total. The van der Waals surface area contributed by atoms with E-state index in [0.29, 0.717) is 28.3 Å². The number of rotatable bonds is 5. The van der Waals surface area contributed by atoms with Crippen molar-refractivity contribution in [3.8, 4) is 22.6 Å². The van der Waals surface area contributed by atoms with Gasteiger partial charge in [0.15, 0.2) is 0 Å². The Bertz CT molecular complexity index is 1130. The van der Waals surface area contributed by atoms with E-state index in [1.54, 1.807) is 50.5 Å². The van der Waals surface area contributed by atoms with E-state index in [9.17, 15) is 18.0 Å². The van der Waals surface area contributed by atoms with E-state index in [-0.39, 0.29) is 24.9 Å². The Hall–Kier alpha value is -3.62. The molecule has 32 heavy (non-hydrogen) atoms. The highest BCUT2D eigenvalue weighted by atomic mass is 19.4. The summed E-state index contributed by atoms with van der Waals surface area (Å²) in [6.07, 6.45) is -2.12. The van der Waals surface area contributed by atoms with Gasteiger partial charge in [0, 0.05) is 23.5 Å². The molecule has 0 saturated heterocycles. The lowest BCUT2D eigenvalue weighted by Crippen LogP contribution is -2.36. The van der Waals surface area contributed by atoms with Crippen LogP contribution in [-0.4, -0.2) is 27.1 Å². The molecule has 0 spiro atoms. The second-order valence-electron chi connectivity index (χ2n) is 7.59. The molecule has 4 rings (SSSR count). The molecular weight excluding hydrogens is 423 g/mol. The summed E-state index contributed by atoms with van der Waals surface area (Å²) >= 11 is 0. The van der Waals surface area contributed by atoms with Gasteiger partial charge in [-0.15, -0.1) is 0 Å². The summed E-state index contributed by atoms with van der Waals surface area (Å²) in [5.74, 6) is 1.01. The number of ether oxygens (including phenoxy) is 2. The first-order valence-electron chi connectivity index (χ1n) is 9.94. The molecule has 0 atom stereocenters. The summed E-state index contributed by atoms with van der Waals surface area (Å²) in [5.41, 5.74) is 1.11. The minimum atomic E-state index is -4.47. The van der Waals surface area contributed by atoms with Crippen molar-refractivity contribution >= 4 is 6.09 Å². The predicted octanol–water partition coefficient (Wildman–Crippen LogP) is 5.46. The lowest BCUT2D eigenvalue weighted by Gasteiger charge is -2.28. The molecule has 1 aliphatic heterocycles. The molecule has 1 aliphatic rings. The van der Waals surface area contributed by atoms with Crippen molar-refractivity contribution in [1.29, 1.82) is 0 Å². The maximum atomic E-state index is 13.2. The van der Waals surface area contributed by atoms with Gasteiger partial charge in [-0.3, -0.25) is 4.90 Å². The molecule has 0 N–H and O–H groups in total. The lowest BCUT2D eigenvalue weighted by atomic mass is 9.99. The van der Waals surface area contributed by atoms with Crippen LogP contribution in [0.1, 0.15) is 30.8 Å². The smallest absolute Gasteiger partial charge is 0.416 e. The molecule has 0 bridgehead atoms. The van der Waals surface area contributed by atoms with Crippen LogP contribution in [0.5, 0.6) is 11.5 Å². The monoisotopic (exact) mass is 443 g/mol. The summed E-state index contributed by atoms with van der Waals surface area (Å²) in [6, 6.07) is 10.2. The molecule has 2 aromatic carbocycles. The minimum Gasteiger partial charge on any atom is -0.490 e. The number of hydrogen-bond acceptors (Lipinski definition) is 5. The summed E-state index contributed by atoms with van der Waals surface area (Å²) in [5, 5.41) is 0. The number of amides is 1. The fourth-order valence-corrected chi connectivity index (χ4v) is 3.39. The second-order valence-corrected chi connectivity index (χ2v) is 7.59. The molecule has 1 aromatic heterocycles. The third-order valence-corrected chi connectivity index (χ3v) is 4.81. The van der Waals surface area contributed by atoms with Crippen molar-refractivity contribution in [2.24, 2.45) is 0 Å². The Morgan fingerprint density at radius 2 is 1.88 bits per heavy atom. The zero-order valence-corrected chi connectivity index (χ0v) is 17.4. The van der Waals surface area contributed by atoms with E-state index >= 15 is 0 Å². The molecule has 3 aromatic rings. The van der Waals surface area contributed by atoms with Gasteiger partial charge in [-0.05, 0) is 49.7 Å². The predicted molar refractivity (Wildman–Crippen MR) is 110 cm³/mol. The van der Waals surface area contributed by atoms with E-state index in [0.717, 1.165) is 12.1 Å². The highest BCUT2D eigenvalue weighted by Crippen LogP contribution is 2.39. The van der Waals surface area contributed by atoms with Crippen LogP contribution in [0.4, 0.5) is 18.0 Å². The second kappa shape index (κ2) is 8.49. The van der Waals surface area contributed by atoms with Crippen LogP contribution in [-0.2, 0) is 19.3 Å². The highest BCUT2D eigenvalue weighted by Gasteiger charge is 2.32. The van der Waals surface area contributed by atoms with Crippen LogP contribution in [0.3, 0.4) is 0 Å². The topological polar surface area (TPSA) is 64.5 Å². The van der Waals surface area contributed by atoms with Crippen LogP contribution in [0.2, 0.25) is 0 Å². The number of carbonyl (C=O) groups is 1. The minimum absolute atomic E-state index is 0.136. The largest absolute Gasteiger partial charge is 0.490 e. The number of fused-ring (bicyclic) bond motifs is 1. The van der Waals surface area contributed by atoms with Crippen molar-refractivity contribution in [2.75, 3.05) is 0 Å². The van der Waals surface area contributed by atoms with Crippen LogP contribution >= 0.6 is 0 Å². The molecule has 0 fully saturated rings. The summed E-state index contributed by atoms with van der Waals surface area (Å²) in [7, 11) is 0. The SMILES string of the molecule is CC(C)Oc1cc(C(F)(F)F)ccc1-c1ccc2c(c1)CN(Cc1ncccn1)C(=O)O2. The molecule has 0 aliphatic carbocycles. The van der Waals surface area contributed by atoms with Crippen molar-refractivity contribution in [3.05, 3.63) is 71.8 Å². The Labute approximate surface area is 182 Å². The summed E-state index contributed by atoms with van der Waals surface area (Å²) < 4.78 is 50.7. The van der Waals surface area contributed by atoms with Gasteiger partial charge in [-0.2, -0.15) is 13.2 Å². The number of benzene rings is 2. The van der Waals surface area contributed by atoms with Crippen LogP contribution in [0.15, 0.2) is 54.9 Å². The first-order chi connectivity index (χ1) is 15.2. The fourth-order valence-electron chi connectivity index (χ4n) is 3.39. The lowest BCUT2D eigenvalue weighted by molar-refractivity contribution is -0.137. The zero-order chi connectivity index (χ0) is 22.9. The Kier molecular flexibility index (Phi) is 5.73. The van der Waals surface area contributed by atoms with Gasteiger partial charge in [0.05, 0.1) is 24.8 Å². The normalized spacial score (nSPS) is 13.7. The third-order valence-electron chi connectivity index (χ3n) is 4.81. The standard InChI is InChI=1S/C23H20F3N3O3/c1-14(2)31-20-11-17(23(24,25)26)5-6-18(20)15-4-7-19-16(10-15)12-29(22(30)32-19)13-21-27-8-3-9-28-21/h3-11,14H,12-13H2,1-2H3. The van der Waals surface area contributed by atoms with Gasteiger partial charge in [0.2, 0.25) is 0 Å². The van der Waals surface area contributed by atoms with Gasteiger partial charge >= 0.3 is 12.3 Å². The zero-order valence-electron chi connectivity index (χ0n) is 17.4. The van der Waals surface area contributed by atoms with Crippen molar-refractivity contribution in [2.45, 2.75) is 39.2 Å². The summed E-state index contributed by atoms with van der Waals surface area (Å²) in [6.45, 7) is 3.92. The molecule has 1 amide bonds. The Balaban J connectivity index is 1.67. The Morgan fingerprint density at radius 1 is 1.12 bits per heavy atom. The maximum Gasteiger partial charge on any atom is 0.416 e. The third kappa shape index (κ3) is 4.66. The fraction of sp³-hybridized carbons (Fsp3) is 0.261. The molecular formula is C23H20F3N3O3. The maximum absolute atomic E-state index is 13.2. The number of nitrogens with zero attached hydrogens (tertiary/aromatic N) is 3. The number of halogens is 3. The molecule has 166 valence electrons. The first kappa shape index (κ1) is 21.6. The molecule has 0 radical (unpaired) electrons. The Morgan fingerprint density at radius 3 is 2.56 bits per heavy atom.